The van der Waals surface area contributed by atoms with Gasteiger partial charge in [0.1, 0.15) is 5.75 Å². The van der Waals surface area contributed by atoms with Gasteiger partial charge in [0.15, 0.2) is 6.29 Å². The van der Waals surface area contributed by atoms with E-state index in [1.165, 1.54) is 18.2 Å². The average Bonchev–Trinajstić information content (AvgIpc) is 2.28. The molecule has 0 unspecified atom stereocenters. The summed E-state index contributed by atoms with van der Waals surface area (Å²) < 4.78 is 4.88. The first kappa shape index (κ1) is 13.5. The molecule has 0 amide bonds. The number of phenolic OH excluding ortho intramolecular Hbond substituents is 1. The SMILES string of the molecule is CCc1cc(O)ccc1C(=O)OCCC(O)O. The number of benzene rings is 1. The minimum Gasteiger partial charge on any atom is -0.508 e. The second kappa shape index (κ2) is 6.22. The van der Waals surface area contributed by atoms with Crippen LogP contribution < -0.4 is 0 Å². The molecule has 0 fully saturated rings. The van der Waals surface area contributed by atoms with E-state index in [0.29, 0.717) is 17.5 Å². The summed E-state index contributed by atoms with van der Waals surface area (Å²) in [7, 11) is 0. The van der Waals surface area contributed by atoms with Crippen molar-refractivity contribution in [3.05, 3.63) is 29.3 Å². The van der Waals surface area contributed by atoms with Gasteiger partial charge in [-0.15, -0.1) is 0 Å². The second-order valence-electron chi connectivity index (χ2n) is 3.60. The molecule has 0 spiro atoms. The van der Waals surface area contributed by atoms with Crippen LogP contribution in [-0.4, -0.2) is 34.2 Å². The summed E-state index contributed by atoms with van der Waals surface area (Å²) in [5, 5.41) is 26.5. The molecular weight excluding hydrogens is 224 g/mol. The van der Waals surface area contributed by atoms with Gasteiger partial charge in [-0.3, -0.25) is 0 Å². The molecule has 0 saturated carbocycles. The summed E-state index contributed by atoms with van der Waals surface area (Å²) >= 11 is 0. The molecule has 1 rings (SSSR count). The van der Waals surface area contributed by atoms with Crippen LogP contribution >= 0.6 is 0 Å². The second-order valence-corrected chi connectivity index (χ2v) is 3.60. The van der Waals surface area contributed by atoms with E-state index in [4.69, 9.17) is 14.9 Å². The standard InChI is InChI=1S/C12H16O5/c1-2-8-7-9(13)3-4-10(8)12(16)17-6-5-11(14)15/h3-4,7,11,13-15H,2,5-6H2,1H3. The van der Waals surface area contributed by atoms with Crippen LogP contribution in [0.5, 0.6) is 5.75 Å². The van der Waals surface area contributed by atoms with Gasteiger partial charge in [0.25, 0.3) is 0 Å². The van der Waals surface area contributed by atoms with Crippen molar-refractivity contribution in [2.75, 3.05) is 6.61 Å². The van der Waals surface area contributed by atoms with Crippen molar-refractivity contribution >= 4 is 5.97 Å². The molecule has 94 valence electrons. The van der Waals surface area contributed by atoms with Crippen LogP contribution in [0.1, 0.15) is 29.3 Å². The Kier molecular flexibility index (Phi) is 4.93. The Labute approximate surface area is 99.3 Å². The Bertz CT molecular complexity index is 386. The van der Waals surface area contributed by atoms with Gasteiger partial charge in [-0.05, 0) is 30.2 Å². The predicted octanol–water partition coefficient (Wildman–Crippen LogP) is 0.812. The Balaban J connectivity index is 2.68. The molecule has 0 aliphatic carbocycles. The molecule has 1 aromatic carbocycles. The number of aliphatic hydroxyl groups is 2. The number of aliphatic hydroxyl groups excluding tert-OH is 1. The number of rotatable bonds is 5. The lowest BCUT2D eigenvalue weighted by Gasteiger charge is -2.09. The number of phenols is 1. The summed E-state index contributed by atoms with van der Waals surface area (Å²) in [6, 6.07) is 4.42. The molecule has 0 atom stereocenters. The monoisotopic (exact) mass is 240 g/mol. The van der Waals surface area contributed by atoms with E-state index >= 15 is 0 Å². The molecule has 0 heterocycles. The van der Waals surface area contributed by atoms with Crippen LogP contribution in [0.3, 0.4) is 0 Å². The summed E-state index contributed by atoms with van der Waals surface area (Å²) in [4.78, 5) is 11.7. The fourth-order valence-electron chi connectivity index (χ4n) is 1.41. The van der Waals surface area contributed by atoms with E-state index in [-0.39, 0.29) is 18.8 Å². The molecule has 0 aromatic heterocycles. The van der Waals surface area contributed by atoms with Crippen LogP contribution in [-0.2, 0) is 11.2 Å². The zero-order valence-corrected chi connectivity index (χ0v) is 9.59. The first-order chi connectivity index (χ1) is 8.04. The lowest BCUT2D eigenvalue weighted by molar-refractivity contribution is -0.0562. The van der Waals surface area contributed by atoms with E-state index in [1.54, 1.807) is 0 Å². The topological polar surface area (TPSA) is 87.0 Å². The molecular formula is C12H16O5. The molecule has 0 bridgehead atoms. The number of hydrogen-bond donors (Lipinski definition) is 3. The van der Waals surface area contributed by atoms with E-state index in [0.717, 1.165) is 0 Å². The highest BCUT2D eigenvalue weighted by atomic mass is 16.5. The lowest BCUT2D eigenvalue weighted by Crippen LogP contribution is -2.13. The fourth-order valence-corrected chi connectivity index (χ4v) is 1.41. The number of carbonyl (C=O) groups is 1. The smallest absolute Gasteiger partial charge is 0.338 e. The molecule has 17 heavy (non-hydrogen) atoms. The normalized spacial score (nSPS) is 10.6. The van der Waals surface area contributed by atoms with E-state index in [1.807, 2.05) is 6.92 Å². The molecule has 3 N–H and O–H groups in total. The van der Waals surface area contributed by atoms with Crippen LogP contribution in [0.15, 0.2) is 18.2 Å². The minimum atomic E-state index is -1.48. The third-order valence-electron chi connectivity index (χ3n) is 2.30. The summed E-state index contributed by atoms with van der Waals surface area (Å²) in [5.74, 6) is -0.424. The van der Waals surface area contributed by atoms with Gasteiger partial charge in [-0.2, -0.15) is 0 Å². The predicted molar refractivity (Wildman–Crippen MR) is 60.6 cm³/mol. The van der Waals surface area contributed by atoms with E-state index < -0.39 is 12.3 Å². The molecule has 1 aromatic rings. The average molecular weight is 240 g/mol. The van der Waals surface area contributed by atoms with E-state index in [2.05, 4.69) is 0 Å². The highest BCUT2D eigenvalue weighted by molar-refractivity contribution is 5.91. The highest BCUT2D eigenvalue weighted by Gasteiger charge is 2.12. The molecule has 0 aliphatic heterocycles. The van der Waals surface area contributed by atoms with Crippen LogP contribution in [0.4, 0.5) is 0 Å². The van der Waals surface area contributed by atoms with Gasteiger partial charge in [-0.25, -0.2) is 4.79 Å². The van der Waals surface area contributed by atoms with Crippen molar-refractivity contribution < 1.29 is 24.9 Å². The zero-order chi connectivity index (χ0) is 12.8. The van der Waals surface area contributed by atoms with Gasteiger partial charge < -0.3 is 20.1 Å². The lowest BCUT2D eigenvalue weighted by atomic mass is 10.1. The Hall–Kier alpha value is -1.59. The van der Waals surface area contributed by atoms with Crippen molar-refractivity contribution in [2.24, 2.45) is 0 Å². The molecule has 0 aliphatic rings. The van der Waals surface area contributed by atoms with Crippen molar-refractivity contribution in [1.82, 2.24) is 0 Å². The van der Waals surface area contributed by atoms with Gasteiger partial charge in [0, 0.05) is 6.42 Å². The van der Waals surface area contributed by atoms with Gasteiger partial charge in [0.05, 0.1) is 12.2 Å². The van der Waals surface area contributed by atoms with Gasteiger partial charge in [-0.1, -0.05) is 6.92 Å². The summed E-state index contributed by atoms with van der Waals surface area (Å²) in [6.45, 7) is 1.81. The Morgan fingerprint density at radius 3 is 2.71 bits per heavy atom. The van der Waals surface area contributed by atoms with Crippen molar-refractivity contribution in [3.8, 4) is 5.75 Å². The van der Waals surface area contributed by atoms with Crippen LogP contribution in [0.25, 0.3) is 0 Å². The number of aromatic hydroxyl groups is 1. The van der Waals surface area contributed by atoms with Gasteiger partial charge in [0.2, 0.25) is 0 Å². The Morgan fingerprint density at radius 1 is 1.41 bits per heavy atom. The molecule has 0 saturated heterocycles. The first-order valence-corrected chi connectivity index (χ1v) is 5.39. The number of aryl methyl sites for hydroxylation is 1. The first-order valence-electron chi connectivity index (χ1n) is 5.39. The maximum atomic E-state index is 11.7. The van der Waals surface area contributed by atoms with Crippen molar-refractivity contribution in [1.29, 1.82) is 0 Å². The number of hydrogen-bond acceptors (Lipinski definition) is 5. The van der Waals surface area contributed by atoms with Gasteiger partial charge >= 0.3 is 5.97 Å². The quantitative estimate of drug-likeness (QED) is 0.523. The van der Waals surface area contributed by atoms with Crippen LogP contribution in [0, 0.1) is 0 Å². The maximum absolute atomic E-state index is 11.7. The third kappa shape index (κ3) is 4.05. The Morgan fingerprint density at radius 2 is 2.12 bits per heavy atom. The number of carbonyl (C=O) groups excluding carboxylic acids is 1. The molecule has 0 radical (unpaired) electrons. The summed E-state index contributed by atoms with van der Waals surface area (Å²) in [5.41, 5.74) is 1.08. The maximum Gasteiger partial charge on any atom is 0.338 e. The molecule has 5 nitrogen and oxygen atoms in total. The van der Waals surface area contributed by atoms with Crippen LogP contribution in [0.2, 0.25) is 0 Å². The molecule has 5 heteroatoms. The largest absolute Gasteiger partial charge is 0.508 e. The summed E-state index contributed by atoms with van der Waals surface area (Å²) in [6.07, 6.45) is -0.902. The highest BCUT2D eigenvalue weighted by Crippen LogP contribution is 2.18. The minimum absolute atomic E-state index is 0.0225. The fraction of sp³-hybridized carbons (Fsp3) is 0.417. The number of esters is 1. The zero-order valence-electron chi connectivity index (χ0n) is 9.59. The number of ether oxygens (including phenoxy) is 1. The van der Waals surface area contributed by atoms with E-state index in [9.17, 15) is 9.90 Å². The van der Waals surface area contributed by atoms with Crippen molar-refractivity contribution in [3.63, 3.8) is 0 Å². The third-order valence-corrected chi connectivity index (χ3v) is 2.30. The van der Waals surface area contributed by atoms with Crippen molar-refractivity contribution in [2.45, 2.75) is 26.1 Å².